The lowest BCUT2D eigenvalue weighted by atomic mass is 9.78. The molecule has 2 aliphatic heterocycles. The second kappa shape index (κ2) is 7.89. The van der Waals surface area contributed by atoms with Crippen molar-refractivity contribution in [1.29, 1.82) is 0 Å². The molecule has 0 radical (unpaired) electrons. The van der Waals surface area contributed by atoms with Gasteiger partial charge in [0.25, 0.3) is 0 Å². The van der Waals surface area contributed by atoms with Crippen LogP contribution in [0.3, 0.4) is 0 Å². The van der Waals surface area contributed by atoms with Crippen LogP contribution in [0.2, 0.25) is 0 Å². The largest absolute Gasteiger partial charge is 0.492 e. The van der Waals surface area contributed by atoms with E-state index in [1.165, 1.54) is 0 Å². The van der Waals surface area contributed by atoms with Crippen LogP contribution in [-0.2, 0) is 14.8 Å². The molecular formula is C21H31N3O4S. The number of likely N-dealkylation sites (tertiary alicyclic amines) is 1. The Morgan fingerprint density at radius 3 is 2.55 bits per heavy atom. The zero-order valence-corrected chi connectivity index (χ0v) is 18.2. The lowest BCUT2D eigenvalue weighted by Gasteiger charge is -2.45. The molecule has 0 bridgehead atoms. The van der Waals surface area contributed by atoms with Crippen molar-refractivity contribution in [2.24, 2.45) is 11.3 Å². The predicted molar refractivity (Wildman–Crippen MR) is 110 cm³/mol. The predicted octanol–water partition coefficient (Wildman–Crippen LogP) is 1.65. The number of sulfonamides is 1. The van der Waals surface area contributed by atoms with Gasteiger partial charge in [-0.15, -0.1) is 0 Å². The molecule has 0 atom stereocenters. The standard InChI is InChI=1S/C21H31N3O4S/c1-22(2)14-20(25)23-11-9-21(10-12-23)15-24(13-17-7-8-17)29(26,27)19-6-4-3-5-18(19)28-16-21/h3-6,17H,7-16H2,1-2H3. The van der Waals surface area contributed by atoms with E-state index >= 15 is 0 Å². The number of rotatable bonds is 4. The van der Waals surface area contributed by atoms with E-state index in [0.29, 0.717) is 51.0 Å². The molecule has 3 aliphatic rings. The van der Waals surface area contributed by atoms with Gasteiger partial charge in [-0.3, -0.25) is 4.79 Å². The van der Waals surface area contributed by atoms with E-state index in [4.69, 9.17) is 4.74 Å². The van der Waals surface area contributed by atoms with E-state index in [1.807, 2.05) is 30.0 Å². The number of fused-ring (bicyclic) bond motifs is 1. The summed E-state index contributed by atoms with van der Waals surface area (Å²) in [4.78, 5) is 16.5. The second-order valence-corrected chi connectivity index (χ2v) is 11.0. The van der Waals surface area contributed by atoms with Crippen LogP contribution >= 0.6 is 0 Å². The first-order valence-corrected chi connectivity index (χ1v) is 11.9. The molecule has 1 amide bonds. The molecule has 2 heterocycles. The number of carbonyl (C=O) groups is 1. The number of benzene rings is 1. The van der Waals surface area contributed by atoms with Crippen molar-refractivity contribution in [2.75, 3.05) is 53.4 Å². The van der Waals surface area contributed by atoms with Crippen LogP contribution in [0.5, 0.6) is 5.75 Å². The lowest BCUT2D eigenvalue weighted by molar-refractivity contribution is -0.134. The maximum Gasteiger partial charge on any atom is 0.246 e. The molecule has 7 nitrogen and oxygen atoms in total. The molecule has 0 unspecified atom stereocenters. The highest BCUT2D eigenvalue weighted by atomic mass is 32.2. The zero-order valence-electron chi connectivity index (χ0n) is 17.3. The van der Waals surface area contributed by atoms with E-state index < -0.39 is 10.0 Å². The molecule has 1 aromatic carbocycles. The fourth-order valence-corrected chi connectivity index (χ4v) is 6.07. The van der Waals surface area contributed by atoms with Gasteiger partial charge in [0.15, 0.2) is 0 Å². The van der Waals surface area contributed by atoms with Gasteiger partial charge in [0.1, 0.15) is 10.6 Å². The SMILES string of the molecule is CN(C)CC(=O)N1CCC2(CC1)COc1ccccc1S(=O)(=O)N(CC1CC1)C2. The van der Waals surface area contributed by atoms with Gasteiger partial charge in [-0.1, -0.05) is 12.1 Å². The minimum absolute atomic E-state index is 0.129. The fourth-order valence-electron chi connectivity index (χ4n) is 4.31. The van der Waals surface area contributed by atoms with Crippen LogP contribution in [0.25, 0.3) is 0 Å². The Hall–Kier alpha value is -1.64. The first kappa shape index (κ1) is 20.6. The van der Waals surface area contributed by atoms with Gasteiger partial charge >= 0.3 is 0 Å². The highest BCUT2D eigenvalue weighted by Gasteiger charge is 2.44. The first-order valence-electron chi connectivity index (χ1n) is 10.4. The number of hydrogen-bond donors (Lipinski definition) is 0. The molecule has 160 valence electrons. The second-order valence-electron chi connectivity index (χ2n) is 9.09. The van der Waals surface area contributed by atoms with E-state index in [9.17, 15) is 13.2 Å². The summed E-state index contributed by atoms with van der Waals surface area (Å²) in [5.41, 5.74) is -0.260. The molecule has 0 N–H and O–H groups in total. The number of para-hydroxylation sites is 1. The Kier molecular flexibility index (Phi) is 5.61. The number of piperidine rings is 1. The van der Waals surface area contributed by atoms with Crippen molar-refractivity contribution in [1.82, 2.24) is 14.1 Å². The summed E-state index contributed by atoms with van der Waals surface area (Å²) in [5.74, 6) is 1.04. The summed E-state index contributed by atoms with van der Waals surface area (Å²) >= 11 is 0. The first-order chi connectivity index (χ1) is 13.8. The highest BCUT2D eigenvalue weighted by molar-refractivity contribution is 7.89. The summed E-state index contributed by atoms with van der Waals surface area (Å²) < 4.78 is 34.6. The van der Waals surface area contributed by atoms with Crippen LogP contribution in [0, 0.1) is 11.3 Å². The Morgan fingerprint density at radius 1 is 1.21 bits per heavy atom. The summed E-state index contributed by atoms with van der Waals surface area (Å²) in [6.07, 6.45) is 3.71. The smallest absolute Gasteiger partial charge is 0.246 e. The van der Waals surface area contributed by atoms with E-state index in [-0.39, 0.29) is 16.2 Å². The molecule has 4 rings (SSSR count). The normalized spacial score (nSPS) is 23.9. The van der Waals surface area contributed by atoms with Gasteiger partial charge in [0.2, 0.25) is 15.9 Å². The fraction of sp³-hybridized carbons (Fsp3) is 0.667. The third-order valence-electron chi connectivity index (χ3n) is 6.30. The van der Waals surface area contributed by atoms with Crippen molar-refractivity contribution in [3.8, 4) is 5.75 Å². The van der Waals surface area contributed by atoms with Gasteiger partial charge in [-0.25, -0.2) is 8.42 Å². The summed E-state index contributed by atoms with van der Waals surface area (Å²) in [5, 5.41) is 0. The number of ether oxygens (including phenoxy) is 1. The number of hydrogen-bond acceptors (Lipinski definition) is 5. The monoisotopic (exact) mass is 421 g/mol. The minimum atomic E-state index is -3.60. The molecule has 1 aromatic rings. The molecule has 1 saturated carbocycles. The lowest BCUT2D eigenvalue weighted by Crippen LogP contribution is -2.53. The maximum atomic E-state index is 13.4. The summed E-state index contributed by atoms with van der Waals surface area (Å²) in [6.45, 7) is 3.23. The van der Waals surface area contributed by atoms with Gasteiger partial charge in [-0.2, -0.15) is 4.31 Å². The summed E-state index contributed by atoms with van der Waals surface area (Å²) in [6, 6.07) is 6.96. The number of amides is 1. The molecular weight excluding hydrogens is 390 g/mol. The highest BCUT2D eigenvalue weighted by Crippen LogP contribution is 2.41. The minimum Gasteiger partial charge on any atom is -0.492 e. The van der Waals surface area contributed by atoms with Crippen molar-refractivity contribution >= 4 is 15.9 Å². The van der Waals surface area contributed by atoms with E-state index in [0.717, 1.165) is 25.7 Å². The van der Waals surface area contributed by atoms with Crippen LogP contribution < -0.4 is 4.74 Å². The average molecular weight is 422 g/mol. The van der Waals surface area contributed by atoms with Crippen molar-refractivity contribution in [3.63, 3.8) is 0 Å². The van der Waals surface area contributed by atoms with E-state index in [2.05, 4.69) is 0 Å². The zero-order chi connectivity index (χ0) is 20.6. The molecule has 0 aromatic heterocycles. The number of carbonyl (C=O) groups excluding carboxylic acids is 1. The Labute approximate surface area is 173 Å². The Bertz CT molecular complexity index is 858. The molecule has 29 heavy (non-hydrogen) atoms. The van der Waals surface area contributed by atoms with Crippen LogP contribution in [0.4, 0.5) is 0 Å². The van der Waals surface area contributed by atoms with Gasteiger partial charge in [-0.05, 0) is 57.8 Å². The van der Waals surface area contributed by atoms with Crippen molar-refractivity contribution in [3.05, 3.63) is 24.3 Å². The topological polar surface area (TPSA) is 70.2 Å². The van der Waals surface area contributed by atoms with Gasteiger partial charge < -0.3 is 14.5 Å². The summed E-state index contributed by atoms with van der Waals surface area (Å²) in [7, 11) is 0.188. The molecule has 1 spiro atoms. The van der Waals surface area contributed by atoms with Crippen molar-refractivity contribution in [2.45, 2.75) is 30.6 Å². The molecule has 2 fully saturated rings. The number of likely N-dealkylation sites (N-methyl/N-ethyl adjacent to an activating group) is 1. The Morgan fingerprint density at radius 2 is 1.90 bits per heavy atom. The van der Waals surface area contributed by atoms with Crippen LogP contribution in [-0.4, -0.2) is 81.9 Å². The van der Waals surface area contributed by atoms with Gasteiger partial charge in [0.05, 0.1) is 13.2 Å². The van der Waals surface area contributed by atoms with E-state index in [1.54, 1.807) is 22.5 Å². The third-order valence-corrected chi connectivity index (χ3v) is 8.15. The third kappa shape index (κ3) is 4.44. The average Bonchev–Trinajstić information content (AvgIpc) is 3.50. The van der Waals surface area contributed by atoms with Crippen LogP contribution in [0.1, 0.15) is 25.7 Å². The maximum absolute atomic E-state index is 13.4. The van der Waals surface area contributed by atoms with Crippen LogP contribution in [0.15, 0.2) is 29.2 Å². The molecule has 1 aliphatic carbocycles. The Balaban J connectivity index is 1.57. The molecule has 1 saturated heterocycles. The van der Waals surface area contributed by atoms with Gasteiger partial charge in [0, 0.05) is 31.6 Å². The van der Waals surface area contributed by atoms with Crippen molar-refractivity contribution < 1.29 is 17.9 Å². The molecule has 8 heteroatoms. The quantitative estimate of drug-likeness (QED) is 0.739. The number of nitrogens with zero attached hydrogens (tertiary/aromatic N) is 3.